The highest BCUT2D eigenvalue weighted by molar-refractivity contribution is 5.41. The monoisotopic (exact) mass is 212 g/mol. The number of aromatic hydroxyl groups is 1. The summed E-state index contributed by atoms with van der Waals surface area (Å²) in [6.07, 6.45) is -1.07. The number of rotatable bonds is 3. The van der Waals surface area contributed by atoms with Gasteiger partial charge in [0.25, 0.3) is 0 Å². The molecule has 1 rings (SSSR count). The van der Waals surface area contributed by atoms with Gasteiger partial charge >= 0.3 is 0 Å². The van der Waals surface area contributed by atoms with E-state index in [1.807, 2.05) is 0 Å². The fourth-order valence-corrected chi connectivity index (χ4v) is 1.43. The number of halogens is 1. The summed E-state index contributed by atoms with van der Waals surface area (Å²) in [4.78, 5) is 0. The molecule has 0 fully saturated rings. The van der Waals surface area contributed by atoms with Gasteiger partial charge in [0.1, 0.15) is 11.9 Å². The highest BCUT2D eigenvalue weighted by Crippen LogP contribution is 2.33. The molecule has 1 atom stereocenters. The smallest absolute Gasteiger partial charge is 0.122 e. The molecule has 0 aliphatic carbocycles. The first-order chi connectivity index (χ1) is 6.88. The van der Waals surface area contributed by atoms with E-state index in [1.165, 1.54) is 13.0 Å². The van der Waals surface area contributed by atoms with Gasteiger partial charge in [0, 0.05) is 11.0 Å². The highest BCUT2D eigenvalue weighted by atomic mass is 19.1. The molecule has 84 valence electrons. The SMILES string of the molecule is CC(F)c1ccc(O)c(C(C)(C)CO)c1. The zero-order valence-corrected chi connectivity index (χ0v) is 9.29. The van der Waals surface area contributed by atoms with E-state index in [2.05, 4.69) is 0 Å². The standard InChI is InChI=1S/C12H17FO2/c1-8(13)9-4-5-11(15)10(6-9)12(2,3)7-14/h4-6,8,14-15H,7H2,1-3H3. The minimum atomic E-state index is -1.07. The average Bonchev–Trinajstić information content (AvgIpc) is 2.17. The van der Waals surface area contributed by atoms with Crippen LogP contribution in [0.3, 0.4) is 0 Å². The molecule has 0 saturated heterocycles. The molecule has 1 aromatic carbocycles. The molecule has 0 aliphatic rings. The Balaban J connectivity index is 3.22. The Morgan fingerprint density at radius 1 is 1.40 bits per heavy atom. The molecule has 0 amide bonds. The molecule has 2 N–H and O–H groups in total. The first kappa shape index (κ1) is 12.0. The number of aliphatic hydroxyl groups excluding tert-OH is 1. The Morgan fingerprint density at radius 2 is 2.00 bits per heavy atom. The molecule has 0 saturated carbocycles. The van der Waals surface area contributed by atoms with Crippen molar-refractivity contribution >= 4 is 0 Å². The lowest BCUT2D eigenvalue weighted by atomic mass is 9.84. The van der Waals surface area contributed by atoms with Crippen LogP contribution < -0.4 is 0 Å². The van der Waals surface area contributed by atoms with Gasteiger partial charge in [-0.3, -0.25) is 0 Å². The molecule has 15 heavy (non-hydrogen) atoms. The number of alkyl halides is 1. The number of benzene rings is 1. The molecule has 0 spiro atoms. The Kier molecular flexibility index (Phi) is 3.35. The van der Waals surface area contributed by atoms with Gasteiger partial charge in [-0.15, -0.1) is 0 Å². The number of phenolic OH excluding ortho intramolecular Hbond substituents is 1. The molecular weight excluding hydrogens is 195 g/mol. The van der Waals surface area contributed by atoms with Crippen LogP contribution in [0.5, 0.6) is 5.75 Å². The second-order valence-electron chi connectivity index (χ2n) is 4.43. The van der Waals surface area contributed by atoms with Crippen LogP contribution in [0.4, 0.5) is 4.39 Å². The van der Waals surface area contributed by atoms with Crippen molar-refractivity contribution in [2.24, 2.45) is 0 Å². The third-order valence-corrected chi connectivity index (χ3v) is 2.60. The van der Waals surface area contributed by atoms with E-state index in [1.54, 1.807) is 26.0 Å². The third kappa shape index (κ3) is 2.48. The Hall–Kier alpha value is -1.09. The number of aliphatic hydroxyl groups is 1. The van der Waals surface area contributed by atoms with Gasteiger partial charge in [-0.25, -0.2) is 4.39 Å². The summed E-state index contributed by atoms with van der Waals surface area (Å²) in [5.74, 6) is 0.0958. The summed E-state index contributed by atoms with van der Waals surface area (Å²) < 4.78 is 13.1. The maximum Gasteiger partial charge on any atom is 0.122 e. The van der Waals surface area contributed by atoms with Gasteiger partial charge in [-0.2, -0.15) is 0 Å². The first-order valence-corrected chi connectivity index (χ1v) is 4.97. The van der Waals surface area contributed by atoms with Gasteiger partial charge in [0.05, 0.1) is 6.61 Å². The van der Waals surface area contributed by atoms with Crippen LogP contribution in [-0.2, 0) is 5.41 Å². The van der Waals surface area contributed by atoms with E-state index in [0.717, 1.165) is 0 Å². The zero-order chi connectivity index (χ0) is 11.6. The molecular formula is C12H17FO2. The predicted octanol–water partition coefficient (Wildman–Crippen LogP) is 2.69. The topological polar surface area (TPSA) is 40.5 Å². The van der Waals surface area contributed by atoms with Gasteiger partial charge in [0.15, 0.2) is 0 Å². The fourth-order valence-electron chi connectivity index (χ4n) is 1.43. The average molecular weight is 212 g/mol. The van der Waals surface area contributed by atoms with Gasteiger partial charge in [0.2, 0.25) is 0 Å². The normalized spacial score (nSPS) is 13.9. The van der Waals surface area contributed by atoms with E-state index in [9.17, 15) is 14.6 Å². The van der Waals surface area contributed by atoms with Crippen LogP contribution in [0.15, 0.2) is 18.2 Å². The Labute approximate surface area is 89.4 Å². The second-order valence-corrected chi connectivity index (χ2v) is 4.43. The third-order valence-electron chi connectivity index (χ3n) is 2.60. The van der Waals surface area contributed by atoms with Crippen LogP contribution in [0, 0.1) is 0 Å². The Morgan fingerprint density at radius 3 is 2.47 bits per heavy atom. The van der Waals surface area contributed by atoms with Crippen LogP contribution in [-0.4, -0.2) is 16.8 Å². The van der Waals surface area contributed by atoms with Gasteiger partial charge in [-0.05, 0) is 24.6 Å². The van der Waals surface area contributed by atoms with Crippen molar-refractivity contribution in [3.8, 4) is 5.75 Å². The van der Waals surface area contributed by atoms with Crippen molar-refractivity contribution < 1.29 is 14.6 Å². The number of hydrogen-bond acceptors (Lipinski definition) is 2. The molecule has 0 aromatic heterocycles. The lowest BCUT2D eigenvalue weighted by molar-refractivity contribution is 0.215. The van der Waals surface area contributed by atoms with E-state index in [-0.39, 0.29) is 12.4 Å². The minimum Gasteiger partial charge on any atom is -0.508 e. The first-order valence-electron chi connectivity index (χ1n) is 4.97. The summed E-state index contributed by atoms with van der Waals surface area (Å²) in [5.41, 5.74) is 0.533. The summed E-state index contributed by atoms with van der Waals surface area (Å²) in [6, 6.07) is 4.63. The lowest BCUT2D eigenvalue weighted by Crippen LogP contribution is -2.22. The summed E-state index contributed by atoms with van der Waals surface area (Å²) >= 11 is 0. The molecule has 0 radical (unpaired) electrons. The molecule has 1 unspecified atom stereocenters. The maximum atomic E-state index is 13.1. The molecule has 0 aliphatic heterocycles. The van der Waals surface area contributed by atoms with Crippen LogP contribution >= 0.6 is 0 Å². The van der Waals surface area contributed by atoms with E-state index in [4.69, 9.17) is 0 Å². The van der Waals surface area contributed by atoms with E-state index >= 15 is 0 Å². The van der Waals surface area contributed by atoms with Gasteiger partial charge < -0.3 is 10.2 Å². The van der Waals surface area contributed by atoms with Gasteiger partial charge in [-0.1, -0.05) is 19.9 Å². The molecule has 0 heterocycles. The summed E-state index contributed by atoms with van der Waals surface area (Å²) in [7, 11) is 0. The van der Waals surface area contributed by atoms with Crippen molar-refractivity contribution in [3.05, 3.63) is 29.3 Å². The van der Waals surface area contributed by atoms with Crippen LogP contribution in [0.1, 0.15) is 38.1 Å². The molecule has 1 aromatic rings. The highest BCUT2D eigenvalue weighted by Gasteiger charge is 2.23. The number of hydrogen-bond donors (Lipinski definition) is 2. The second kappa shape index (κ2) is 4.19. The van der Waals surface area contributed by atoms with Crippen LogP contribution in [0.2, 0.25) is 0 Å². The van der Waals surface area contributed by atoms with Crippen molar-refractivity contribution in [1.29, 1.82) is 0 Å². The molecule has 0 bridgehead atoms. The zero-order valence-electron chi connectivity index (χ0n) is 9.29. The van der Waals surface area contributed by atoms with Crippen molar-refractivity contribution in [2.45, 2.75) is 32.4 Å². The van der Waals surface area contributed by atoms with E-state index < -0.39 is 11.6 Å². The summed E-state index contributed by atoms with van der Waals surface area (Å²) in [6.45, 7) is 4.95. The largest absolute Gasteiger partial charge is 0.508 e. The Bertz CT molecular complexity index is 345. The quantitative estimate of drug-likeness (QED) is 0.808. The lowest BCUT2D eigenvalue weighted by Gasteiger charge is -2.24. The van der Waals surface area contributed by atoms with Crippen molar-refractivity contribution in [2.75, 3.05) is 6.61 Å². The summed E-state index contributed by atoms with van der Waals surface area (Å²) in [5, 5.41) is 18.8. The minimum absolute atomic E-state index is 0.0926. The van der Waals surface area contributed by atoms with Crippen molar-refractivity contribution in [1.82, 2.24) is 0 Å². The van der Waals surface area contributed by atoms with Crippen LogP contribution in [0.25, 0.3) is 0 Å². The predicted molar refractivity (Wildman–Crippen MR) is 57.7 cm³/mol. The fraction of sp³-hybridized carbons (Fsp3) is 0.500. The van der Waals surface area contributed by atoms with Crippen molar-refractivity contribution in [3.63, 3.8) is 0 Å². The number of phenols is 1. The molecule has 3 heteroatoms. The molecule has 2 nitrogen and oxygen atoms in total. The van der Waals surface area contributed by atoms with E-state index in [0.29, 0.717) is 11.1 Å². The maximum absolute atomic E-state index is 13.1.